The lowest BCUT2D eigenvalue weighted by molar-refractivity contribution is -0.136. The summed E-state index contributed by atoms with van der Waals surface area (Å²) in [6.45, 7) is 0.497. The number of carbonyl (C=O) groups excluding carboxylic acids is 4. The third-order valence-electron chi connectivity index (χ3n) is 6.34. The number of anilines is 2. The molecule has 1 saturated heterocycles. The Kier molecular flexibility index (Phi) is 6.01. The van der Waals surface area contributed by atoms with E-state index in [-0.39, 0.29) is 37.2 Å². The fourth-order valence-electron chi connectivity index (χ4n) is 4.55. The Balaban J connectivity index is 1.31. The molecule has 8 nitrogen and oxygen atoms in total. The molecule has 2 aliphatic heterocycles. The van der Waals surface area contributed by atoms with E-state index < -0.39 is 11.9 Å². The molecule has 1 unspecified atom stereocenters. The first kappa shape index (κ1) is 22.3. The molecule has 0 radical (unpaired) electrons. The summed E-state index contributed by atoms with van der Waals surface area (Å²) >= 11 is 0. The molecule has 1 atom stereocenters. The van der Waals surface area contributed by atoms with Crippen molar-refractivity contribution in [1.82, 2.24) is 15.5 Å². The maximum Gasteiger partial charge on any atom is 0.255 e. The zero-order valence-corrected chi connectivity index (χ0v) is 18.9. The average Bonchev–Trinajstić information content (AvgIpc) is 3.20. The summed E-state index contributed by atoms with van der Waals surface area (Å²) in [5, 5.41) is 8.55. The summed E-state index contributed by atoms with van der Waals surface area (Å²) in [6.07, 6.45) is 0.511. The van der Waals surface area contributed by atoms with Gasteiger partial charge in [-0.1, -0.05) is 42.5 Å². The highest BCUT2D eigenvalue weighted by Crippen LogP contribution is 2.30. The van der Waals surface area contributed by atoms with Gasteiger partial charge < -0.3 is 15.5 Å². The predicted molar refractivity (Wildman–Crippen MR) is 130 cm³/mol. The van der Waals surface area contributed by atoms with Crippen molar-refractivity contribution in [3.05, 3.63) is 95.1 Å². The van der Waals surface area contributed by atoms with Crippen LogP contribution in [0.5, 0.6) is 0 Å². The van der Waals surface area contributed by atoms with E-state index in [1.165, 1.54) is 4.90 Å². The molecule has 2 heterocycles. The molecule has 0 saturated carbocycles. The highest BCUT2D eigenvalue weighted by atomic mass is 16.2. The first-order valence-corrected chi connectivity index (χ1v) is 11.5. The topological polar surface area (TPSA) is 108 Å². The number of hydrogen-bond acceptors (Lipinski definition) is 5. The molecule has 35 heavy (non-hydrogen) atoms. The lowest BCUT2D eigenvalue weighted by Crippen LogP contribution is -2.52. The molecule has 0 bridgehead atoms. The minimum Gasteiger partial charge on any atom is -0.355 e. The second-order valence-electron chi connectivity index (χ2n) is 8.56. The van der Waals surface area contributed by atoms with Gasteiger partial charge in [-0.2, -0.15) is 0 Å². The summed E-state index contributed by atoms with van der Waals surface area (Å²) in [5.41, 5.74) is 4.19. The first-order valence-electron chi connectivity index (χ1n) is 11.5. The van der Waals surface area contributed by atoms with Crippen molar-refractivity contribution in [3.8, 4) is 0 Å². The summed E-state index contributed by atoms with van der Waals surface area (Å²) in [5.74, 6) is -1.24. The number of carbonyl (C=O) groups is 4. The minimum absolute atomic E-state index is 0.204. The van der Waals surface area contributed by atoms with Gasteiger partial charge in [-0.25, -0.2) is 0 Å². The van der Waals surface area contributed by atoms with Crippen LogP contribution in [0.15, 0.2) is 72.8 Å². The molecule has 1 fully saturated rings. The van der Waals surface area contributed by atoms with Crippen LogP contribution in [0.25, 0.3) is 0 Å². The van der Waals surface area contributed by atoms with E-state index >= 15 is 0 Å². The monoisotopic (exact) mass is 468 g/mol. The highest BCUT2D eigenvalue weighted by molar-refractivity contribution is 6.05. The second kappa shape index (κ2) is 9.42. The maximum atomic E-state index is 13.1. The normalized spacial score (nSPS) is 17.1. The van der Waals surface area contributed by atoms with E-state index in [1.54, 1.807) is 18.2 Å². The Labute approximate surface area is 202 Å². The van der Waals surface area contributed by atoms with Crippen molar-refractivity contribution < 1.29 is 19.2 Å². The number of fused-ring (bicyclic) bond motifs is 1. The summed E-state index contributed by atoms with van der Waals surface area (Å²) in [6, 6.07) is 21.6. The molecule has 0 aromatic heterocycles. The first-order chi connectivity index (χ1) is 17.0. The molecular weight excluding hydrogens is 444 g/mol. The van der Waals surface area contributed by atoms with Gasteiger partial charge in [-0.05, 0) is 47.9 Å². The van der Waals surface area contributed by atoms with Gasteiger partial charge in [0.25, 0.3) is 11.8 Å². The molecular formula is C27H24N4O4. The SMILES string of the molecule is O=C1CCC(N2Cc3c(CNC(=O)c4ccccc4Nc4ccccc4)cccc3C2=O)C(=O)N1. The van der Waals surface area contributed by atoms with Gasteiger partial charge in [0.2, 0.25) is 11.8 Å². The number of rotatable bonds is 6. The predicted octanol–water partition coefficient (Wildman–Crippen LogP) is 3.12. The lowest BCUT2D eigenvalue weighted by Gasteiger charge is -2.29. The van der Waals surface area contributed by atoms with Gasteiger partial charge in [0.15, 0.2) is 0 Å². The molecule has 0 aliphatic carbocycles. The molecule has 3 N–H and O–H groups in total. The highest BCUT2D eigenvalue weighted by Gasteiger charge is 2.39. The number of nitrogens with zero attached hydrogens (tertiary/aromatic N) is 1. The van der Waals surface area contributed by atoms with Gasteiger partial charge in [-0.3, -0.25) is 24.5 Å². The Morgan fingerprint density at radius 1 is 0.943 bits per heavy atom. The molecule has 176 valence electrons. The molecule has 0 spiro atoms. The number of para-hydroxylation sites is 2. The Morgan fingerprint density at radius 3 is 2.51 bits per heavy atom. The maximum absolute atomic E-state index is 13.1. The van der Waals surface area contributed by atoms with Crippen LogP contribution in [0.2, 0.25) is 0 Å². The largest absolute Gasteiger partial charge is 0.355 e. The summed E-state index contributed by atoms with van der Waals surface area (Å²) < 4.78 is 0. The molecule has 5 rings (SSSR count). The van der Waals surface area contributed by atoms with E-state index in [9.17, 15) is 19.2 Å². The third-order valence-corrected chi connectivity index (χ3v) is 6.34. The standard InChI is InChI=1S/C27H24N4O4/c32-24-14-13-23(26(34)30-24)31-16-21-17(7-6-11-19(21)27(31)35)15-28-25(33)20-10-4-5-12-22(20)29-18-8-2-1-3-9-18/h1-12,23,29H,13-16H2,(H,28,33)(H,30,32,34). The van der Waals surface area contributed by atoms with Crippen molar-refractivity contribution in [2.75, 3.05) is 5.32 Å². The summed E-state index contributed by atoms with van der Waals surface area (Å²) in [7, 11) is 0. The van der Waals surface area contributed by atoms with Crippen molar-refractivity contribution in [2.45, 2.75) is 32.0 Å². The third kappa shape index (κ3) is 4.50. The van der Waals surface area contributed by atoms with Gasteiger partial charge >= 0.3 is 0 Å². The molecule has 2 aliphatic rings. The Hall–Kier alpha value is -4.46. The zero-order chi connectivity index (χ0) is 24.4. The molecule has 3 aromatic rings. The van der Waals surface area contributed by atoms with Crippen LogP contribution in [0, 0.1) is 0 Å². The van der Waals surface area contributed by atoms with Gasteiger partial charge in [0, 0.05) is 30.8 Å². The van der Waals surface area contributed by atoms with Crippen LogP contribution >= 0.6 is 0 Å². The van der Waals surface area contributed by atoms with Crippen LogP contribution < -0.4 is 16.0 Å². The number of amides is 4. The molecule has 8 heteroatoms. The van der Waals surface area contributed by atoms with Crippen LogP contribution in [0.4, 0.5) is 11.4 Å². The van der Waals surface area contributed by atoms with Crippen molar-refractivity contribution in [3.63, 3.8) is 0 Å². The number of piperidine rings is 1. The number of imide groups is 1. The smallest absolute Gasteiger partial charge is 0.255 e. The summed E-state index contributed by atoms with van der Waals surface area (Å²) in [4.78, 5) is 51.4. The van der Waals surface area contributed by atoms with E-state index in [0.717, 1.165) is 16.8 Å². The number of nitrogens with one attached hydrogen (secondary N) is 3. The van der Waals surface area contributed by atoms with Gasteiger partial charge in [0.05, 0.1) is 11.3 Å². The Morgan fingerprint density at radius 2 is 1.71 bits per heavy atom. The second-order valence-corrected chi connectivity index (χ2v) is 8.56. The van der Waals surface area contributed by atoms with E-state index in [2.05, 4.69) is 16.0 Å². The average molecular weight is 469 g/mol. The van der Waals surface area contributed by atoms with Gasteiger partial charge in [-0.15, -0.1) is 0 Å². The van der Waals surface area contributed by atoms with Crippen LogP contribution in [-0.2, 0) is 22.7 Å². The fraction of sp³-hybridized carbons (Fsp3) is 0.185. The number of benzene rings is 3. The minimum atomic E-state index is -0.675. The van der Waals surface area contributed by atoms with E-state index in [0.29, 0.717) is 23.2 Å². The van der Waals surface area contributed by atoms with Crippen molar-refractivity contribution in [1.29, 1.82) is 0 Å². The van der Waals surface area contributed by atoms with Crippen LogP contribution in [0.3, 0.4) is 0 Å². The lowest BCUT2D eigenvalue weighted by atomic mass is 10.0. The quantitative estimate of drug-likeness (QED) is 0.482. The zero-order valence-electron chi connectivity index (χ0n) is 18.9. The Bertz CT molecular complexity index is 1320. The van der Waals surface area contributed by atoms with Crippen LogP contribution in [-0.4, -0.2) is 34.6 Å². The number of hydrogen-bond donors (Lipinski definition) is 3. The van der Waals surface area contributed by atoms with Crippen molar-refractivity contribution in [2.24, 2.45) is 0 Å². The van der Waals surface area contributed by atoms with Crippen molar-refractivity contribution >= 4 is 35.0 Å². The molecule has 3 aromatic carbocycles. The van der Waals surface area contributed by atoms with Crippen LogP contribution in [0.1, 0.15) is 44.7 Å². The molecule has 4 amide bonds. The van der Waals surface area contributed by atoms with E-state index in [4.69, 9.17) is 0 Å². The van der Waals surface area contributed by atoms with Gasteiger partial charge in [0.1, 0.15) is 6.04 Å². The van der Waals surface area contributed by atoms with E-state index in [1.807, 2.05) is 54.6 Å². The fourth-order valence-corrected chi connectivity index (χ4v) is 4.55.